The van der Waals surface area contributed by atoms with Gasteiger partial charge in [0.25, 0.3) is 11.2 Å². The molecule has 0 aliphatic rings. The van der Waals surface area contributed by atoms with Gasteiger partial charge in [-0.2, -0.15) is 10.1 Å². The minimum absolute atomic E-state index is 0.0476. The molecule has 0 saturated heterocycles. The number of hydrogen-bond donors (Lipinski definition) is 2. The first-order valence-corrected chi connectivity index (χ1v) is 10.2. The minimum atomic E-state index is -0.562. The van der Waals surface area contributed by atoms with Gasteiger partial charge < -0.3 is 4.57 Å². The molecule has 0 saturated carbocycles. The lowest BCUT2D eigenvalue weighted by Crippen LogP contribution is -2.29. The third-order valence-electron chi connectivity index (χ3n) is 5.16. The Balaban J connectivity index is 1.64. The van der Waals surface area contributed by atoms with Gasteiger partial charge in [-0.1, -0.05) is 42.5 Å². The van der Waals surface area contributed by atoms with Gasteiger partial charge in [0.1, 0.15) is 0 Å². The standard InChI is InChI=1S/C22H21N7O4/c1-27-19-18(20(30)25-22(27)31)28(12-6-10-15-7-3-2-4-8-15)21(24-19)26-23-14-16-9-5-11-17(13-16)29(32)33/h2-5,7-9,11,13-14H,6,10,12H2,1H3,(H,24,26)(H,25,30,31)/b23-14-. The van der Waals surface area contributed by atoms with Crippen molar-refractivity contribution in [3.63, 3.8) is 0 Å². The number of H-pyrrole nitrogens is 1. The molecule has 11 nitrogen and oxygen atoms in total. The molecule has 0 radical (unpaired) electrons. The predicted octanol–water partition coefficient (Wildman–Crippen LogP) is 2.41. The first-order chi connectivity index (χ1) is 15.9. The summed E-state index contributed by atoms with van der Waals surface area (Å²) in [6.07, 6.45) is 2.94. The number of nitro benzene ring substituents is 1. The van der Waals surface area contributed by atoms with Gasteiger partial charge in [0.2, 0.25) is 5.95 Å². The van der Waals surface area contributed by atoms with Crippen molar-refractivity contribution in [2.75, 3.05) is 5.43 Å². The number of imidazole rings is 1. The topological polar surface area (TPSA) is 140 Å². The first kappa shape index (κ1) is 21.7. The Labute approximate surface area is 187 Å². The summed E-state index contributed by atoms with van der Waals surface area (Å²) in [6, 6.07) is 16.0. The van der Waals surface area contributed by atoms with Gasteiger partial charge in [0.15, 0.2) is 11.2 Å². The van der Waals surface area contributed by atoms with Crippen LogP contribution >= 0.6 is 0 Å². The molecule has 11 heteroatoms. The number of benzene rings is 2. The zero-order valence-corrected chi connectivity index (χ0v) is 17.8. The average Bonchev–Trinajstić information content (AvgIpc) is 3.17. The van der Waals surface area contributed by atoms with E-state index in [9.17, 15) is 19.7 Å². The SMILES string of the molecule is Cn1c(=O)[nH]c(=O)c2c1nc(N/N=C\c1cccc([N+](=O)[O-])c1)n2CCCc1ccccc1. The molecule has 0 spiro atoms. The fourth-order valence-electron chi connectivity index (χ4n) is 3.51. The van der Waals surface area contributed by atoms with Crippen molar-refractivity contribution in [1.82, 2.24) is 19.1 Å². The normalized spacial score (nSPS) is 11.3. The number of nitrogens with one attached hydrogen (secondary N) is 2. The highest BCUT2D eigenvalue weighted by Crippen LogP contribution is 2.17. The Morgan fingerprint density at radius 1 is 1.18 bits per heavy atom. The average molecular weight is 447 g/mol. The molecule has 4 rings (SSSR count). The van der Waals surface area contributed by atoms with E-state index in [1.165, 1.54) is 35.5 Å². The van der Waals surface area contributed by atoms with Crippen LogP contribution in [0.3, 0.4) is 0 Å². The number of aromatic nitrogens is 4. The summed E-state index contributed by atoms with van der Waals surface area (Å²) in [4.78, 5) is 41.8. The molecule has 2 aromatic heterocycles. The van der Waals surface area contributed by atoms with Crippen molar-refractivity contribution in [3.8, 4) is 0 Å². The van der Waals surface area contributed by atoms with Gasteiger partial charge in [-0.15, -0.1) is 0 Å². The van der Waals surface area contributed by atoms with Crippen LogP contribution in [0.2, 0.25) is 0 Å². The maximum absolute atomic E-state index is 12.6. The van der Waals surface area contributed by atoms with Crippen LogP contribution < -0.4 is 16.7 Å². The van der Waals surface area contributed by atoms with Crippen molar-refractivity contribution >= 4 is 29.0 Å². The summed E-state index contributed by atoms with van der Waals surface area (Å²) in [5.41, 5.74) is 3.85. The second-order valence-electron chi connectivity index (χ2n) is 7.39. The van der Waals surface area contributed by atoms with E-state index in [1.807, 2.05) is 30.3 Å². The summed E-state index contributed by atoms with van der Waals surface area (Å²) >= 11 is 0. The number of nitro groups is 1. The molecule has 0 aliphatic heterocycles. The van der Waals surface area contributed by atoms with Gasteiger partial charge in [-0.3, -0.25) is 24.5 Å². The van der Waals surface area contributed by atoms with Crippen molar-refractivity contribution in [1.29, 1.82) is 0 Å². The number of nitrogens with zero attached hydrogens (tertiary/aromatic N) is 5. The molecule has 0 amide bonds. The maximum Gasteiger partial charge on any atom is 0.329 e. The monoisotopic (exact) mass is 447 g/mol. The zero-order valence-electron chi connectivity index (χ0n) is 17.8. The molecular weight excluding hydrogens is 426 g/mol. The molecule has 2 N–H and O–H groups in total. The lowest BCUT2D eigenvalue weighted by Gasteiger charge is -2.08. The second kappa shape index (κ2) is 9.30. The molecule has 0 bridgehead atoms. The number of non-ortho nitro benzene ring substituents is 1. The second-order valence-corrected chi connectivity index (χ2v) is 7.39. The Bertz CT molecular complexity index is 1450. The van der Waals surface area contributed by atoms with Crippen LogP contribution in [-0.4, -0.2) is 30.2 Å². The highest BCUT2D eigenvalue weighted by atomic mass is 16.6. The molecule has 4 aromatic rings. The molecule has 0 fully saturated rings. The van der Waals surface area contributed by atoms with Gasteiger partial charge >= 0.3 is 5.69 Å². The fraction of sp³-hybridized carbons (Fsp3) is 0.182. The summed E-state index contributed by atoms with van der Waals surface area (Å²) in [5.74, 6) is 0.284. The van der Waals surface area contributed by atoms with Gasteiger partial charge in [0, 0.05) is 31.3 Å². The lowest BCUT2D eigenvalue weighted by atomic mass is 10.1. The number of rotatable bonds is 8. The summed E-state index contributed by atoms with van der Waals surface area (Å²) in [7, 11) is 1.53. The van der Waals surface area contributed by atoms with Gasteiger partial charge in [-0.05, 0) is 18.4 Å². The van der Waals surface area contributed by atoms with E-state index in [0.717, 1.165) is 12.8 Å². The van der Waals surface area contributed by atoms with Crippen molar-refractivity contribution < 1.29 is 4.92 Å². The first-order valence-electron chi connectivity index (χ1n) is 10.2. The smallest absolute Gasteiger partial charge is 0.303 e. The number of aromatic amines is 1. The number of hydrogen-bond acceptors (Lipinski definition) is 7. The largest absolute Gasteiger partial charge is 0.329 e. The fourth-order valence-corrected chi connectivity index (χ4v) is 3.51. The van der Waals surface area contributed by atoms with Crippen LogP contribution in [0.1, 0.15) is 17.5 Å². The minimum Gasteiger partial charge on any atom is -0.303 e. The van der Waals surface area contributed by atoms with Crippen LogP contribution in [0.15, 0.2) is 69.3 Å². The summed E-state index contributed by atoms with van der Waals surface area (Å²) in [5, 5.41) is 15.1. The highest BCUT2D eigenvalue weighted by molar-refractivity contribution is 5.81. The van der Waals surface area contributed by atoms with Crippen LogP contribution in [0, 0.1) is 10.1 Å². The molecule has 0 aliphatic carbocycles. The van der Waals surface area contributed by atoms with E-state index in [2.05, 4.69) is 20.5 Å². The van der Waals surface area contributed by atoms with E-state index in [4.69, 9.17) is 0 Å². The molecule has 0 atom stereocenters. The number of fused-ring (bicyclic) bond motifs is 1. The van der Waals surface area contributed by atoms with Crippen LogP contribution in [0.25, 0.3) is 11.2 Å². The maximum atomic E-state index is 12.6. The number of aryl methyl sites for hydroxylation is 3. The zero-order chi connectivity index (χ0) is 23.4. The van der Waals surface area contributed by atoms with E-state index >= 15 is 0 Å². The van der Waals surface area contributed by atoms with E-state index < -0.39 is 16.2 Å². The Morgan fingerprint density at radius 2 is 1.97 bits per heavy atom. The molecule has 168 valence electrons. The van der Waals surface area contributed by atoms with Gasteiger partial charge in [-0.25, -0.2) is 10.2 Å². The quantitative estimate of drug-likeness (QED) is 0.241. The lowest BCUT2D eigenvalue weighted by molar-refractivity contribution is -0.384. The van der Waals surface area contributed by atoms with Crippen molar-refractivity contribution in [3.05, 3.63) is 96.7 Å². The predicted molar refractivity (Wildman–Crippen MR) is 125 cm³/mol. The van der Waals surface area contributed by atoms with Crippen LogP contribution in [-0.2, 0) is 20.0 Å². The summed E-state index contributed by atoms with van der Waals surface area (Å²) < 4.78 is 2.95. The number of anilines is 1. The summed E-state index contributed by atoms with van der Waals surface area (Å²) in [6.45, 7) is 0.460. The third-order valence-corrected chi connectivity index (χ3v) is 5.16. The van der Waals surface area contributed by atoms with Crippen molar-refractivity contribution in [2.24, 2.45) is 12.1 Å². The molecule has 0 unspecified atom stereocenters. The molecular formula is C22H21N7O4. The number of hydrazone groups is 1. The Kier molecular flexibility index (Phi) is 6.11. The molecule has 2 heterocycles. The van der Waals surface area contributed by atoms with Crippen LogP contribution in [0.5, 0.6) is 0 Å². The Hall–Kier alpha value is -4.54. The van der Waals surface area contributed by atoms with Crippen LogP contribution in [0.4, 0.5) is 11.6 Å². The van der Waals surface area contributed by atoms with Crippen molar-refractivity contribution in [2.45, 2.75) is 19.4 Å². The van der Waals surface area contributed by atoms with E-state index in [-0.39, 0.29) is 22.8 Å². The van der Waals surface area contributed by atoms with Gasteiger partial charge in [0.05, 0.1) is 11.1 Å². The Morgan fingerprint density at radius 3 is 2.73 bits per heavy atom. The highest BCUT2D eigenvalue weighted by Gasteiger charge is 2.17. The third kappa shape index (κ3) is 4.71. The van der Waals surface area contributed by atoms with E-state index in [1.54, 1.807) is 16.7 Å². The molecule has 33 heavy (non-hydrogen) atoms. The molecule has 2 aromatic carbocycles. The van der Waals surface area contributed by atoms with E-state index in [0.29, 0.717) is 12.1 Å².